The zero-order chi connectivity index (χ0) is 9.68. The topological polar surface area (TPSA) is 33.0 Å². The smallest absolute Gasteiger partial charge is 0.112 e. The van der Waals surface area contributed by atoms with Crippen molar-refractivity contribution in [3.63, 3.8) is 0 Å². The van der Waals surface area contributed by atoms with Crippen LogP contribution in [-0.2, 0) is 4.74 Å². The summed E-state index contributed by atoms with van der Waals surface area (Å²) in [6, 6.07) is 2.23. The number of hydrogen-bond acceptors (Lipinski definition) is 2. The quantitative estimate of drug-likeness (QED) is 0.610. The van der Waals surface area contributed by atoms with Gasteiger partial charge < -0.3 is 4.74 Å². The number of ether oxygens (including phenoxy) is 1. The Morgan fingerprint density at radius 2 is 2.00 bits per heavy atom. The minimum atomic E-state index is -0.0851. The third kappa shape index (κ3) is 2.48. The van der Waals surface area contributed by atoms with E-state index in [1.807, 2.05) is 6.92 Å². The summed E-state index contributed by atoms with van der Waals surface area (Å²) >= 11 is 0. The van der Waals surface area contributed by atoms with Gasteiger partial charge in [-0.25, -0.2) is 0 Å². The van der Waals surface area contributed by atoms with E-state index < -0.39 is 0 Å². The number of allylic oxidation sites excluding steroid dienone is 2. The number of methoxy groups -OCH3 is 1. The summed E-state index contributed by atoms with van der Waals surface area (Å²) < 4.78 is 5.30. The van der Waals surface area contributed by atoms with Gasteiger partial charge in [0, 0.05) is 0 Å². The first-order valence-electron chi connectivity index (χ1n) is 4.95. The highest BCUT2D eigenvalue weighted by Gasteiger charge is 2.16. The fourth-order valence-electron chi connectivity index (χ4n) is 1.91. The minimum absolute atomic E-state index is 0.0851. The second kappa shape index (κ2) is 4.91. The predicted octanol–water partition coefficient (Wildman–Crippen LogP) is 3.01. The monoisotopic (exact) mass is 179 g/mol. The van der Waals surface area contributed by atoms with Crippen molar-refractivity contribution in [2.45, 2.75) is 39.0 Å². The van der Waals surface area contributed by atoms with Crippen molar-refractivity contribution in [2.75, 3.05) is 7.11 Å². The van der Waals surface area contributed by atoms with Crippen LogP contribution in [0.4, 0.5) is 0 Å². The lowest BCUT2D eigenvalue weighted by molar-refractivity contribution is 0.253. The molecule has 0 radical (unpaired) electrons. The van der Waals surface area contributed by atoms with Gasteiger partial charge in [-0.05, 0) is 38.2 Å². The van der Waals surface area contributed by atoms with Crippen molar-refractivity contribution < 1.29 is 4.74 Å². The summed E-state index contributed by atoms with van der Waals surface area (Å²) in [5.74, 6) is 0.834. The van der Waals surface area contributed by atoms with Crippen molar-refractivity contribution >= 4 is 0 Å². The lowest BCUT2D eigenvalue weighted by Crippen LogP contribution is -2.06. The molecular weight excluding hydrogens is 162 g/mol. The molecule has 0 aliphatic heterocycles. The van der Waals surface area contributed by atoms with E-state index in [2.05, 4.69) is 6.07 Å². The van der Waals surface area contributed by atoms with E-state index in [0.29, 0.717) is 0 Å². The van der Waals surface area contributed by atoms with Gasteiger partial charge in [0.1, 0.15) is 11.7 Å². The van der Waals surface area contributed by atoms with Crippen molar-refractivity contribution in [2.24, 2.45) is 5.92 Å². The highest BCUT2D eigenvalue weighted by Crippen LogP contribution is 2.28. The van der Waals surface area contributed by atoms with Gasteiger partial charge in [0.05, 0.1) is 13.2 Å². The Bertz CT molecular complexity index is 229. The molecule has 2 nitrogen and oxygen atoms in total. The second-order valence-electron chi connectivity index (χ2n) is 3.58. The molecular formula is C11H17NO. The highest BCUT2D eigenvalue weighted by atomic mass is 16.5. The molecule has 72 valence electrons. The first-order chi connectivity index (χ1) is 6.29. The molecule has 1 atom stereocenters. The van der Waals surface area contributed by atoms with E-state index in [1.165, 1.54) is 24.8 Å². The van der Waals surface area contributed by atoms with Crippen LogP contribution in [0.5, 0.6) is 0 Å². The molecule has 13 heavy (non-hydrogen) atoms. The Morgan fingerprint density at radius 1 is 1.38 bits per heavy atom. The fraction of sp³-hybridized carbons (Fsp3) is 0.727. The van der Waals surface area contributed by atoms with Gasteiger partial charge in [0.15, 0.2) is 0 Å². The Balaban J connectivity index is 2.77. The maximum atomic E-state index is 8.80. The van der Waals surface area contributed by atoms with Crippen molar-refractivity contribution in [3.8, 4) is 6.07 Å². The van der Waals surface area contributed by atoms with Gasteiger partial charge in [-0.15, -0.1) is 0 Å². The van der Waals surface area contributed by atoms with Crippen LogP contribution >= 0.6 is 0 Å². The normalized spacial score (nSPS) is 19.0. The molecule has 1 aliphatic carbocycles. The zero-order valence-corrected chi connectivity index (χ0v) is 8.47. The Hall–Kier alpha value is -0.970. The van der Waals surface area contributed by atoms with Gasteiger partial charge in [0.2, 0.25) is 0 Å². The van der Waals surface area contributed by atoms with Crippen LogP contribution in [0, 0.1) is 17.2 Å². The summed E-state index contributed by atoms with van der Waals surface area (Å²) in [4.78, 5) is 0. The minimum Gasteiger partial charge on any atom is -0.500 e. The van der Waals surface area contributed by atoms with Gasteiger partial charge in [0.25, 0.3) is 0 Å². The number of hydrogen-bond donors (Lipinski definition) is 0. The maximum Gasteiger partial charge on any atom is 0.112 e. The van der Waals surface area contributed by atoms with Crippen LogP contribution < -0.4 is 0 Å². The van der Waals surface area contributed by atoms with Gasteiger partial charge in [-0.2, -0.15) is 5.26 Å². The largest absolute Gasteiger partial charge is 0.500 e. The maximum absolute atomic E-state index is 8.80. The summed E-state index contributed by atoms with van der Waals surface area (Å²) in [5, 5.41) is 8.80. The SMILES string of the molecule is COC(=C1CCCCC1)C(C)C#N. The second-order valence-corrected chi connectivity index (χ2v) is 3.58. The molecule has 0 aromatic rings. The van der Waals surface area contributed by atoms with Crippen molar-refractivity contribution in [3.05, 3.63) is 11.3 Å². The molecule has 2 heteroatoms. The molecule has 1 rings (SSSR count). The van der Waals surface area contributed by atoms with E-state index >= 15 is 0 Å². The van der Waals surface area contributed by atoms with Crippen LogP contribution in [0.1, 0.15) is 39.0 Å². The molecule has 0 heterocycles. The van der Waals surface area contributed by atoms with Crippen LogP contribution in [0.15, 0.2) is 11.3 Å². The molecule has 1 fully saturated rings. The third-order valence-corrected chi connectivity index (χ3v) is 2.61. The summed E-state index contributed by atoms with van der Waals surface area (Å²) in [7, 11) is 1.67. The molecule has 0 aromatic heterocycles. The molecule has 0 bridgehead atoms. The highest BCUT2D eigenvalue weighted by molar-refractivity contribution is 5.17. The first kappa shape index (κ1) is 10.1. The van der Waals surface area contributed by atoms with Crippen LogP contribution in [0.2, 0.25) is 0 Å². The molecule has 0 spiro atoms. The Morgan fingerprint density at radius 3 is 2.46 bits per heavy atom. The first-order valence-corrected chi connectivity index (χ1v) is 4.95. The van der Waals surface area contributed by atoms with Gasteiger partial charge >= 0.3 is 0 Å². The standard InChI is InChI=1S/C11H17NO/c1-9(8-12)11(13-2)10-6-4-3-5-7-10/h9H,3-7H2,1-2H3. The summed E-state index contributed by atoms with van der Waals surface area (Å²) in [6.45, 7) is 1.90. The van der Waals surface area contributed by atoms with Gasteiger partial charge in [-0.1, -0.05) is 6.42 Å². The number of rotatable bonds is 2. The lowest BCUT2D eigenvalue weighted by Gasteiger charge is -2.19. The van der Waals surface area contributed by atoms with E-state index in [0.717, 1.165) is 18.6 Å². The van der Waals surface area contributed by atoms with Crippen molar-refractivity contribution in [1.29, 1.82) is 5.26 Å². The summed E-state index contributed by atoms with van der Waals surface area (Å²) in [5.41, 5.74) is 1.36. The van der Waals surface area contributed by atoms with E-state index in [1.54, 1.807) is 7.11 Å². The molecule has 1 saturated carbocycles. The molecule has 0 aromatic carbocycles. The third-order valence-electron chi connectivity index (χ3n) is 2.61. The van der Waals surface area contributed by atoms with E-state index in [-0.39, 0.29) is 5.92 Å². The Labute approximate surface area is 80.2 Å². The van der Waals surface area contributed by atoms with Crippen LogP contribution in [-0.4, -0.2) is 7.11 Å². The van der Waals surface area contributed by atoms with E-state index in [9.17, 15) is 0 Å². The predicted molar refractivity (Wildman–Crippen MR) is 51.9 cm³/mol. The average molecular weight is 179 g/mol. The molecule has 0 N–H and O–H groups in total. The molecule has 1 unspecified atom stereocenters. The Kier molecular flexibility index (Phi) is 3.82. The fourth-order valence-corrected chi connectivity index (χ4v) is 1.91. The van der Waals surface area contributed by atoms with Gasteiger partial charge in [-0.3, -0.25) is 0 Å². The molecule has 0 saturated heterocycles. The molecule has 1 aliphatic rings. The van der Waals surface area contributed by atoms with Crippen molar-refractivity contribution in [1.82, 2.24) is 0 Å². The summed E-state index contributed by atoms with van der Waals surface area (Å²) in [6.07, 6.45) is 6.06. The van der Waals surface area contributed by atoms with Crippen LogP contribution in [0.25, 0.3) is 0 Å². The number of nitrogens with zero attached hydrogens (tertiary/aromatic N) is 1. The zero-order valence-electron chi connectivity index (χ0n) is 8.47. The average Bonchev–Trinajstić information content (AvgIpc) is 2.20. The van der Waals surface area contributed by atoms with Crippen LogP contribution in [0.3, 0.4) is 0 Å². The molecule has 0 amide bonds. The van der Waals surface area contributed by atoms with E-state index in [4.69, 9.17) is 10.00 Å². The number of nitriles is 1. The lowest BCUT2D eigenvalue weighted by atomic mass is 9.91.